The van der Waals surface area contributed by atoms with E-state index in [0.29, 0.717) is 23.6 Å². The van der Waals surface area contributed by atoms with Crippen LogP contribution in [0.1, 0.15) is 37.6 Å². The van der Waals surface area contributed by atoms with E-state index in [1.807, 2.05) is 20.8 Å². The lowest BCUT2D eigenvalue weighted by atomic mass is 10.1. The van der Waals surface area contributed by atoms with Crippen LogP contribution >= 0.6 is 11.6 Å². The van der Waals surface area contributed by atoms with Crippen LogP contribution in [-0.4, -0.2) is 31.5 Å². The van der Waals surface area contributed by atoms with E-state index in [4.69, 9.17) is 11.6 Å². The molecule has 7 heteroatoms. The molecule has 118 valence electrons. The number of benzene rings is 1. The normalized spacial score (nSPS) is 12.0. The van der Waals surface area contributed by atoms with Crippen LogP contribution in [0.3, 0.4) is 0 Å². The van der Waals surface area contributed by atoms with Gasteiger partial charge in [-0.3, -0.25) is 9.52 Å². The monoisotopic (exact) mass is 332 g/mol. The maximum atomic E-state index is 11.9. The van der Waals surface area contributed by atoms with E-state index in [0.717, 1.165) is 0 Å². The van der Waals surface area contributed by atoms with Crippen molar-refractivity contribution >= 4 is 33.2 Å². The van der Waals surface area contributed by atoms with E-state index in [2.05, 4.69) is 10.0 Å². The first-order chi connectivity index (χ1) is 9.63. The van der Waals surface area contributed by atoms with E-state index >= 15 is 0 Å². The SMILES string of the molecule is CC(C)(C)NC(=O)c1ccc(NS(=O)(=O)CCCCl)cc1. The van der Waals surface area contributed by atoms with E-state index in [9.17, 15) is 13.2 Å². The van der Waals surface area contributed by atoms with Crippen molar-refractivity contribution in [3.05, 3.63) is 29.8 Å². The van der Waals surface area contributed by atoms with Gasteiger partial charge >= 0.3 is 0 Å². The first-order valence-electron chi connectivity index (χ1n) is 6.62. The summed E-state index contributed by atoms with van der Waals surface area (Å²) < 4.78 is 25.9. The molecule has 0 saturated heterocycles. The summed E-state index contributed by atoms with van der Waals surface area (Å²) in [6.07, 6.45) is 0.392. The molecule has 0 unspecified atom stereocenters. The maximum absolute atomic E-state index is 11.9. The Morgan fingerprint density at radius 1 is 1.19 bits per heavy atom. The summed E-state index contributed by atoms with van der Waals surface area (Å²) >= 11 is 5.48. The van der Waals surface area contributed by atoms with Crippen LogP contribution < -0.4 is 10.0 Å². The number of nitrogens with one attached hydrogen (secondary N) is 2. The molecule has 5 nitrogen and oxygen atoms in total. The van der Waals surface area contributed by atoms with Crippen molar-refractivity contribution in [2.24, 2.45) is 0 Å². The Labute approximate surface area is 131 Å². The lowest BCUT2D eigenvalue weighted by molar-refractivity contribution is 0.0919. The summed E-state index contributed by atoms with van der Waals surface area (Å²) in [6.45, 7) is 5.68. The molecule has 0 aliphatic carbocycles. The van der Waals surface area contributed by atoms with Crippen LogP contribution in [0.15, 0.2) is 24.3 Å². The topological polar surface area (TPSA) is 75.3 Å². The molecule has 0 spiro atoms. The number of rotatable bonds is 6. The zero-order valence-electron chi connectivity index (χ0n) is 12.4. The van der Waals surface area contributed by atoms with Gasteiger partial charge in [-0.25, -0.2) is 8.42 Å². The van der Waals surface area contributed by atoms with Gasteiger partial charge in [-0.1, -0.05) is 0 Å². The fourth-order valence-electron chi connectivity index (χ4n) is 1.58. The zero-order chi connectivity index (χ0) is 16.1. The Kier molecular flexibility index (Phi) is 6.04. The molecule has 0 fully saturated rings. The molecule has 0 bridgehead atoms. The minimum Gasteiger partial charge on any atom is -0.347 e. The molecule has 21 heavy (non-hydrogen) atoms. The van der Waals surface area contributed by atoms with Crippen molar-refractivity contribution < 1.29 is 13.2 Å². The third-order valence-corrected chi connectivity index (χ3v) is 4.10. The molecular weight excluding hydrogens is 312 g/mol. The molecule has 0 aliphatic heterocycles. The Hall–Kier alpha value is -1.27. The van der Waals surface area contributed by atoms with E-state index < -0.39 is 10.0 Å². The lowest BCUT2D eigenvalue weighted by Crippen LogP contribution is -2.40. The standard InChI is InChI=1S/C14H21ClN2O3S/c1-14(2,3)16-13(18)11-5-7-12(8-6-11)17-21(19,20)10-4-9-15/h5-8,17H,4,9-10H2,1-3H3,(H,16,18). The van der Waals surface area contributed by atoms with Crippen LogP contribution in [0.2, 0.25) is 0 Å². The van der Waals surface area contributed by atoms with E-state index in [1.54, 1.807) is 24.3 Å². The number of anilines is 1. The van der Waals surface area contributed by atoms with Gasteiger partial charge in [-0.15, -0.1) is 11.6 Å². The van der Waals surface area contributed by atoms with Crippen LogP contribution in [0.5, 0.6) is 0 Å². The Morgan fingerprint density at radius 3 is 2.24 bits per heavy atom. The number of carbonyl (C=O) groups excluding carboxylic acids is 1. The summed E-state index contributed by atoms with van der Waals surface area (Å²) in [5.41, 5.74) is 0.587. The molecule has 0 aromatic heterocycles. The average Bonchev–Trinajstić information content (AvgIpc) is 2.35. The second-order valence-corrected chi connectivity index (χ2v) is 7.96. The zero-order valence-corrected chi connectivity index (χ0v) is 14.0. The fraction of sp³-hybridized carbons (Fsp3) is 0.500. The predicted molar refractivity (Wildman–Crippen MR) is 86.4 cm³/mol. The first-order valence-corrected chi connectivity index (χ1v) is 8.81. The summed E-state index contributed by atoms with van der Waals surface area (Å²) in [6, 6.07) is 6.30. The number of halogens is 1. The maximum Gasteiger partial charge on any atom is 0.251 e. The molecule has 1 aromatic carbocycles. The van der Waals surface area contributed by atoms with Crippen LogP contribution in [0.4, 0.5) is 5.69 Å². The second-order valence-electron chi connectivity index (χ2n) is 5.74. The van der Waals surface area contributed by atoms with Crippen molar-refractivity contribution in [1.82, 2.24) is 5.32 Å². The molecule has 0 heterocycles. The van der Waals surface area contributed by atoms with Crippen LogP contribution in [0, 0.1) is 0 Å². The predicted octanol–water partition coefficient (Wildman–Crippen LogP) is 2.59. The molecule has 1 amide bonds. The molecule has 0 radical (unpaired) electrons. The third kappa shape index (κ3) is 6.82. The number of sulfonamides is 1. The highest BCUT2D eigenvalue weighted by Crippen LogP contribution is 2.13. The summed E-state index contributed by atoms with van der Waals surface area (Å²) in [5.74, 6) is 0.0781. The Bertz CT molecular complexity index is 577. The van der Waals surface area contributed by atoms with Crippen molar-refractivity contribution in [2.75, 3.05) is 16.4 Å². The Balaban J connectivity index is 2.72. The van der Waals surface area contributed by atoms with Crippen molar-refractivity contribution in [1.29, 1.82) is 0 Å². The molecule has 1 rings (SSSR count). The van der Waals surface area contributed by atoms with E-state index in [-0.39, 0.29) is 17.2 Å². The van der Waals surface area contributed by atoms with E-state index in [1.165, 1.54) is 0 Å². The number of hydrogen-bond acceptors (Lipinski definition) is 3. The highest BCUT2D eigenvalue weighted by molar-refractivity contribution is 7.92. The fourth-order valence-corrected chi connectivity index (χ4v) is 2.99. The van der Waals surface area contributed by atoms with Gasteiger partial charge in [0.2, 0.25) is 10.0 Å². The van der Waals surface area contributed by atoms with Crippen molar-refractivity contribution in [3.63, 3.8) is 0 Å². The smallest absolute Gasteiger partial charge is 0.251 e. The van der Waals surface area contributed by atoms with Gasteiger partial charge in [0.25, 0.3) is 5.91 Å². The van der Waals surface area contributed by atoms with Gasteiger partial charge in [-0.2, -0.15) is 0 Å². The third-order valence-electron chi connectivity index (χ3n) is 2.46. The van der Waals surface area contributed by atoms with Gasteiger partial charge in [0.05, 0.1) is 5.75 Å². The number of alkyl halides is 1. The summed E-state index contributed by atoms with van der Waals surface area (Å²) in [5, 5.41) is 2.84. The summed E-state index contributed by atoms with van der Waals surface area (Å²) in [7, 11) is -3.39. The number of carbonyl (C=O) groups is 1. The molecule has 2 N–H and O–H groups in total. The van der Waals surface area contributed by atoms with Crippen molar-refractivity contribution in [3.8, 4) is 0 Å². The lowest BCUT2D eigenvalue weighted by Gasteiger charge is -2.20. The largest absolute Gasteiger partial charge is 0.347 e. The van der Waals surface area contributed by atoms with Gasteiger partial charge in [-0.05, 0) is 51.5 Å². The van der Waals surface area contributed by atoms with Gasteiger partial charge < -0.3 is 5.32 Å². The highest BCUT2D eigenvalue weighted by atomic mass is 35.5. The molecular formula is C14H21ClN2O3S. The quantitative estimate of drug-likeness (QED) is 0.786. The van der Waals surface area contributed by atoms with Crippen LogP contribution in [0.25, 0.3) is 0 Å². The Morgan fingerprint density at radius 2 is 1.76 bits per heavy atom. The molecule has 0 saturated carbocycles. The van der Waals surface area contributed by atoms with Crippen molar-refractivity contribution in [2.45, 2.75) is 32.7 Å². The van der Waals surface area contributed by atoms with Crippen LogP contribution in [-0.2, 0) is 10.0 Å². The average molecular weight is 333 g/mol. The molecule has 0 aliphatic rings. The minimum absolute atomic E-state index is 0.0250. The molecule has 0 atom stereocenters. The second kappa shape index (κ2) is 7.13. The van der Waals surface area contributed by atoms with Gasteiger partial charge in [0.15, 0.2) is 0 Å². The van der Waals surface area contributed by atoms with Gasteiger partial charge in [0.1, 0.15) is 0 Å². The number of hydrogen-bond donors (Lipinski definition) is 2. The number of amides is 1. The van der Waals surface area contributed by atoms with Gasteiger partial charge in [0, 0.05) is 22.7 Å². The summed E-state index contributed by atoms with van der Waals surface area (Å²) in [4.78, 5) is 11.9. The molecule has 1 aromatic rings. The first kappa shape index (κ1) is 17.8. The minimum atomic E-state index is -3.39. The highest BCUT2D eigenvalue weighted by Gasteiger charge is 2.15.